The second kappa shape index (κ2) is 12.5. The molecular formula is C24H24N8O6S2. The summed E-state index contributed by atoms with van der Waals surface area (Å²) in [6.07, 6.45) is 0. The van der Waals surface area contributed by atoms with E-state index in [1.54, 1.807) is 36.6 Å². The zero-order valence-electron chi connectivity index (χ0n) is 21.8. The van der Waals surface area contributed by atoms with Gasteiger partial charge in [0.1, 0.15) is 16.5 Å². The van der Waals surface area contributed by atoms with Crippen LogP contribution in [0.4, 0.5) is 10.8 Å². The monoisotopic (exact) mass is 584 g/mol. The van der Waals surface area contributed by atoms with Gasteiger partial charge >= 0.3 is 0 Å². The van der Waals surface area contributed by atoms with E-state index in [-0.39, 0.29) is 29.5 Å². The van der Waals surface area contributed by atoms with Gasteiger partial charge in [-0.2, -0.15) is 0 Å². The van der Waals surface area contributed by atoms with Crippen molar-refractivity contribution in [2.24, 2.45) is 0 Å². The molecule has 14 nitrogen and oxygen atoms in total. The Morgan fingerprint density at radius 1 is 1.07 bits per heavy atom. The highest BCUT2D eigenvalue weighted by molar-refractivity contribution is 7.99. The molecule has 0 atom stereocenters. The summed E-state index contributed by atoms with van der Waals surface area (Å²) in [5.74, 6) is 0.469. The lowest BCUT2D eigenvalue weighted by molar-refractivity contribution is -0.385. The van der Waals surface area contributed by atoms with E-state index in [1.165, 1.54) is 43.8 Å². The molecule has 0 aliphatic rings. The minimum atomic E-state index is -0.538. The van der Waals surface area contributed by atoms with Gasteiger partial charge in [0.2, 0.25) is 11.0 Å². The maximum atomic E-state index is 12.9. The number of aromatic nitrogens is 5. The number of nitro benzene ring substituents is 1. The van der Waals surface area contributed by atoms with Crippen LogP contribution in [0, 0.1) is 24.0 Å². The number of nitro groups is 1. The summed E-state index contributed by atoms with van der Waals surface area (Å²) in [4.78, 5) is 36.2. The van der Waals surface area contributed by atoms with Crippen LogP contribution in [0.25, 0.3) is 5.69 Å². The maximum Gasteiger partial charge on any atom is 0.273 e. The van der Waals surface area contributed by atoms with Crippen LogP contribution in [-0.2, 0) is 11.3 Å². The fraction of sp³-hybridized carbons (Fsp3) is 0.250. The molecule has 4 aromatic rings. The van der Waals surface area contributed by atoms with Crippen LogP contribution in [0.5, 0.6) is 11.5 Å². The van der Waals surface area contributed by atoms with Gasteiger partial charge < -0.3 is 14.8 Å². The lowest BCUT2D eigenvalue weighted by atomic mass is 10.1. The Balaban J connectivity index is 1.60. The number of thioether (sulfide) groups is 1. The van der Waals surface area contributed by atoms with Gasteiger partial charge in [-0.25, -0.2) is 0 Å². The van der Waals surface area contributed by atoms with E-state index >= 15 is 0 Å². The van der Waals surface area contributed by atoms with Gasteiger partial charge in [0.15, 0.2) is 11.0 Å². The van der Waals surface area contributed by atoms with E-state index in [1.807, 2.05) is 0 Å². The third-order valence-corrected chi connectivity index (χ3v) is 7.19. The number of amides is 2. The number of methoxy groups -OCH3 is 2. The number of nitrogens with one attached hydrogen (secondary N) is 2. The quantitative estimate of drug-likeness (QED) is 0.150. The first-order chi connectivity index (χ1) is 19.2. The summed E-state index contributed by atoms with van der Waals surface area (Å²) in [6.45, 7) is 3.30. The molecule has 2 N–H and O–H groups in total. The summed E-state index contributed by atoms with van der Waals surface area (Å²) in [5, 5.41) is 34.4. The molecule has 208 valence electrons. The normalized spacial score (nSPS) is 10.7. The number of rotatable bonds is 11. The molecule has 0 saturated heterocycles. The molecule has 2 heterocycles. The smallest absolute Gasteiger partial charge is 0.273 e. The van der Waals surface area contributed by atoms with Crippen LogP contribution < -0.4 is 20.1 Å². The third kappa shape index (κ3) is 6.52. The maximum absolute atomic E-state index is 12.9. The number of carbonyl (C=O) groups excluding carboxylic acids is 2. The third-order valence-electron chi connectivity index (χ3n) is 5.51. The Kier molecular flexibility index (Phi) is 8.90. The van der Waals surface area contributed by atoms with Crippen molar-refractivity contribution in [3.05, 3.63) is 68.5 Å². The number of benzene rings is 2. The Hall–Kier alpha value is -4.57. The van der Waals surface area contributed by atoms with E-state index in [4.69, 9.17) is 9.47 Å². The Morgan fingerprint density at radius 2 is 1.88 bits per heavy atom. The van der Waals surface area contributed by atoms with Crippen LogP contribution >= 0.6 is 23.1 Å². The predicted molar refractivity (Wildman–Crippen MR) is 147 cm³/mol. The van der Waals surface area contributed by atoms with Gasteiger partial charge in [0.05, 0.1) is 37.1 Å². The van der Waals surface area contributed by atoms with Crippen molar-refractivity contribution in [2.75, 3.05) is 25.3 Å². The Morgan fingerprint density at radius 3 is 2.55 bits per heavy atom. The summed E-state index contributed by atoms with van der Waals surface area (Å²) >= 11 is 2.37. The lowest BCUT2D eigenvalue weighted by Gasteiger charge is -2.15. The van der Waals surface area contributed by atoms with Gasteiger partial charge in [-0.05, 0) is 32.0 Å². The van der Waals surface area contributed by atoms with Crippen molar-refractivity contribution in [1.29, 1.82) is 0 Å². The predicted octanol–water partition coefficient (Wildman–Crippen LogP) is 3.32. The molecule has 40 heavy (non-hydrogen) atoms. The number of aryl methyl sites for hydroxylation is 2. The fourth-order valence-electron chi connectivity index (χ4n) is 3.56. The standard InChI is InChI=1S/C24H24N8O6S2/c1-13-5-6-15(9-17(13)32(35)36)22(34)25-11-20-28-30-24(39-12-21(33)26-23-29-27-14(2)40-23)31(20)18-10-16(37-3)7-8-19(18)38-4/h5-10H,11-12H2,1-4H3,(H,25,34)(H,26,29,33). The van der Waals surface area contributed by atoms with Crippen LogP contribution in [0.3, 0.4) is 0 Å². The summed E-state index contributed by atoms with van der Waals surface area (Å²) in [6, 6.07) is 9.39. The van der Waals surface area contributed by atoms with Crippen molar-refractivity contribution in [1.82, 2.24) is 30.3 Å². The highest BCUT2D eigenvalue weighted by Crippen LogP contribution is 2.32. The van der Waals surface area contributed by atoms with Crippen molar-refractivity contribution < 1.29 is 24.0 Å². The van der Waals surface area contributed by atoms with Crippen LogP contribution in [-0.4, -0.2) is 61.7 Å². The molecular weight excluding hydrogens is 560 g/mol. The number of anilines is 1. The zero-order chi connectivity index (χ0) is 28.8. The number of carbonyl (C=O) groups is 2. The van der Waals surface area contributed by atoms with Gasteiger partial charge in [-0.15, -0.1) is 20.4 Å². The molecule has 0 bridgehead atoms. The minimum absolute atomic E-state index is 0.0115. The Labute approximate surface area is 236 Å². The van der Waals surface area contributed by atoms with E-state index in [9.17, 15) is 19.7 Å². The molecule has 2 amide bonds. The molecule has 16 heteroatoms. The molecule has 2 aromatic heterocycles. The van der Waals surface area contributed by atoms with Gasteiger partial charge in [-0.3, -0.25) is 29.6 Å². The molecule has 0 saturated carbocycles. The zero-order valence-corrected chi connectivity index (χ0v) is 23.5. The average molecular weight is 585 g/mol. The summed E-state index contributed by atoms with van der Waals surface area (Å²) in [5.41, 5.74) is 0.932. The van der Waals surface area contributed by atoms with E-state index in [2.05, 4.69) is 31.0 Å². The van der Waals surface area contributed by atoms with Gasteiger partial charge in [0, 0.05) is 23.3 Å². The molecule has 4 rings (SSSR count). The second-order valence-electron chi connectivity index (χ2n) is 8.18. The van der Waals surface area contributed by atoms with Crippen molar-refractivity contribution in [2.45, 2.75) is 25.5 Å². The molecule has 0 spiro atoms. The topological polar surface area (TPSA) is 176 Å². The van der Waals surface area contributed by atoms with Crippen molar-refractivity contribution >= 4 is 45.7 Å². The molecule has 0 aliphatic carbocycles. The highest BCUT2D eigenvalue weighted by Gasteiger charge is 2.21. The Bertz CT molecular complexity index is 1570. The molecule has 0 radical (unpaired) electrons. The van der Waals surface area contributed by atoms with Crippen LogP contribution in [0.2, 0.25) is 0 Å². The lowest BCUT2D eigenvalue weighted by Crippen LogP contribution is -2.25. The second-order valence-corrected chi connectivity index (χ2v) is 10.3. The first-order valence-electron chi connectivity index (χ1n) is 11.6. The van der Waals surface area contributed by atoms with Gasteiger partial charge in [-0.1, -0.05) is 29.2 Å². The van der Waals surface area contributed by atoms with Crippen LogP contribution in [0.1, 0.15) is 26.8 Å². The summed E-state index contributed by atoms with van der Waals surface area (Å²) in [7, 11) is 3.03. The average Bonchev–Trinajstić information content (AvgIpc) is 3.55. The molecule has 0 aliphatic heterocycles. The SMILES string of the molecule is COc1ccc(OC)c(-n2c(CNC(=O)c3ccc(C)c([N+](=O)[O-])c3)nnc2SCC(=O)Nc2nnc(C)s2)c1. The molecule has 0 fully saturated rings. The first kappa shape index (κ1) is 28.4. The number of hydrogen-bond acceptors (Lipinski definition) is 12. The number of hydrogen-bond donors (Lipinski definition) is 2. The van der Waals surface area contributed by atoms with E-state index in [0.717, 1.165) is 16.8 Å². The fourth-order valence-corrected chi connectivity index (χ4v) is 4.93. The van der Waals surface area contributed by atoms with Gasteiger partial charge in [0.25, 0.3) is 11.6 Å². The largest absolute Gasteiger partial charge is 0.497 e. The van der Waals surface area contributed by atoms with E-state index < -0.39 is 10.8 Å². The number of nitrogens with zero attached hydrogens (tertiary/aromatic N) is 6. The van der Waals surface area contributed by atoms with E-state index in [0.29, 0.717) is 38.9 Å². The number of ether oxygens (including phenoxy) is 2. The first-order valence-corrected chi connectivity index (χ1v) is 13.4. The highest BCUT2D eigenvalue weighted by atomic mass is 32.2. The minimum Gasteiger partial charge on any atom is -0.497 e. The molecule has 2 aromatic carbocycles. The molecule has 0 unspecified atom stereocenters. The van der Waals surface area contributed by atoms with Crippen molar-refractivity contribution in [3.63, 3.8) is 0 Å². The van der Waals surface area contributed by atoms with Crippen LogP contribution in [0.15, 0.2) is 41.6 Å². The van der Waals surface area contributed by atoms with Crippen molar-refractivity contribution in [3.8, 4) is 17.2 Å². The summed E-state index contributed by atoms with van der Waals surface area (Å²) < 4.78 is 12.6.